The van der Waals surface area contributed by atoms with Crippen molar-refractivity contribution in [3.05, 3.63) is 23.8 Å². The van der Waals surface area contributed by atoms with Gasteiger partial charge in [-0.15, -0.1) is 0 Å². The highest BCUT2D eigenvalue weighted by molar-refractivity contribution is 7.89. The number of sulfonamides is 1. The van der Waals surface area contributed by atoms with E-state index in [0.717, 1.165) is 5.56 Å². The van der Waals surface area contributed by atoms with E-state index in [0.29, 0.717) is 31.3 Å². The maximum atomic E-state index is 12.0. The summed E-state index contributed by atoms with van der Waals surface area (Å²) in [6.45, 7) is 4.76. The molecule has 0 saturated carbocycles. The Bertz CT molecular complexity index is 554. The maximum Gasteiger partial charge on any atom is 0.216 e. The van der Waals surface area contributed by atoms with Gasteiger partial charge in [-0.25, -0.2) is 12.7 Å². The maximum absolute atomic E-state index is 12.0. The third-order valence-electron chi connectivity index (χ3n) is 3.04. The molecule has 1 aromatic carbocycles. The lowest BCUT2D eigenvalue weighted by molar-refractivity contribution is 0.171. The molecule has 0 fully saturated rings. The first kappa shape index (κ1) is 14.1. The van der Waals surface area contributed by atoms with Gasteiger partial charge in [0.2, 0.25) is 10.0 Å². The molecule has 0 unspecified atom stereocenters. The third-order valence-corrected chi connectivity index (χ3v) is 5.23. The lowest BCUT2D eigenvalue weighted by Crippen LogP contribution is -2.32. The van der Waals surface area contributed by atoms with Crippen LogP contribution >= 0.6 is 0 Å². The van der Waals surface area contributed by atoms with E-state index in [2.05, 4.69) is 0 Å². The van der Waals surface area contributed by atoms with E-state index in [-0.39, 0.29) is 0 Å². The van der Waals surface area contributed by atoms with Crippen molar-refractivity contribution >= 4 is 10.0 Å². The summed E-state index contributed by atoms with van der Waals surface area (Å²) in [5.74, 6) is 1.39. The zero-order chi connectivity index (χ0) is 14.0. The molecule has 1 aliphatic rings. The smallest absolute Gasteiger partial charge is 0.216 e. The highest BCUT2D eigenvalue weighted by Gasteiger charge is 2.22. The van der Waals surface area contributed by atoms with Gasteiger partial charge >= 0.3 is 0 Å². The molecule has 0 spiro atoms. The second kappa shape index (κ2) is 5.38. The summed E-state index contributed by atoms with van der Waals surface area (Å²) in [7, 11) is -1.65. The summed E-state index contributed by atoms with van der Waals surface area (Å²) in [5.41, 5.74) is 0.885. The van der Waals surface area contributed by atoms with Gasteiger partial charge in [0.25, 0.3) is 0 Å². The Labute approximate surface area is 114 Å². The molecule has 106 valence electrons. The Balaban J connectivity index is 2.16. The zero-order valence-electron chi connectivity index (χ0n) is 11.4. The number of hydrogen-bond acceptors (Lipinski definition) is 4. The fourth-order valence-corrected chi connectivity index (χ4v) is 2.94. The summed E-state index contributed by atoms with van der Waals surface area (Å²) in [5, 5.41) is -0.422. The predicted molar refractivity (Wildman–Crippen MR) is 73.0 cm³/mol. The summed E-state index contributed by atoms with van der Waals surface area (Å²) in [4.78, 5) is 0. The molecule has 0 N–H and O–H groups in total. The van der Waals surface area contributed by atoms with Gasteiger partial charge < -0.3 is 9.47 Å². The average molecular weight is 285 g/mol. The topological polar surface area (TPSA) is 55.8 Å². The summed E-state index contributed by atoms with van der Waals surface area (Å²) in [6.07, 6.45) is 0. The third kappa shape index (κ3) is 3.01. The Morgan fingerprint density at radius 3 is 2.47 bits per heavy atom. The van der Waals surface area contributed by atoms with Crippen molar-refractivity contribution in [3.8, 4) is 11.5 Å². The Kier molecular flexibility index (Phi) is 4.01. The molecule has 0 aromatic heterocycles. The molecular formula is C13H19NO4S. The molecule has 19 heavy (non-hydrogen) atoms. The molecule has 2 rings (SSSR count). The molecule has 0 aliphatic carbocycles. The van der Waals surface area contributed by atoms with E-state index in [1.54, 1.807) is 20.9 Å². The average Bonchev–Trinajstić information content (AvgIpc) is 2.38. The van der Waals surface area contributed by atoms with Gasteiger partial charge in [0.1, 0.15) is 13.2 Å². The summed E-state index contributed by atoms with van der Waals surface area (Å²) < 4.78 is 36.3. The molecule has 0 amide bonds. The Morgan fingerprint density at radius 2 is 1.84 bits per heavy atom. The lowest BCUT2D eigenvalue weighted by Gasteiger charge is -2.22. The summed E-state index contributed by atoms with van der Waals surface area (Å²) in [6, 6.07) is 5.51. The van der Waals surface area contributed by atoms with Gasteiger partial charge in [-0.2, -0.15) is 0 Å². The van der Waals surface area contributed by atoms with E-state index in [1.807, 2.05) is 18.2 Å². The van der Waals surface area contributed by atoms with Gasteiger partial charge in [-0.1, -0.05) is 6.07 Å². The molecule has 0 atom stereocenters. The van der Waals surface area contributed by atoms with Crippen molar-refractivity contribution in [2.45, 2.75) is 25.6 Å². The molecule has 0 radical (unpaired) electrons. The number of hydrogen-bond donors (Lipinski definition) is 0. The minimum Gasteiger partial charge on any atom is -0.486 e. The Morgan fingerprint density at radius 1 is 1.21 bits per heavy atom. The molecule has 1 heterocycles. The van der Waals surface area contributed by atoms with Gasteiger partial charge in [-0.05, 0) is 31.5 Å². The summed E-state index contributed by atoms with van der Waals surface area (Å²) >= 11 is 0. The predicted octanol–water partition coefficient (Wildman–Crippen LogP) is 1.63. The fourth-order valence-electron chi connectivity index (χ4n) is 1.89. The minimum absolute atomic E-state index is 0.331. The van der Waals surface area contributed by atoms with Crippen LogP contribution in [0.25, 0.3) is 0 Å². The number of ether oxygens (including phenoxy) is 2. The van der Waals surface area contributed by atoms with Crippen molar-refractivity contribution in [1.29, 1.82) is 0 Å². The highest BCUT2D eigenvalue weighted by Crippen LogP contribution is 2.31. The van der Waals surface area contributed by atoms with Crippen molar-refractivity contribution in [2.24, 2.45) is 0 Å². The second-order valence-electron chi connectivity index (χ2n) is 4.83. The molecule has 0 saturated heterocycles. The molecule has 1 aromatic rings. The monoisotopic (exact) mass is 285 g/mol. The number of nitrogens with zero attached hydrogens (tertiary/aromatic N) is 1. The lowest BCUT2D eigenvalue weighted by atomic mass is 10.2. The van der Waals surface area contributed by atoms with Gasteiger partial charge in [-0.3, -0.25) is 0 Å². The van der Waals surface area contributed by atoms with E-state index >= 15 is 0 Å². The second-order valence-corrected chi connectivity index (χ2v) is 7.42. The molecule has 0 bridgehead atoms. The van der Waals surface area contributed by atoms with Gasteiger partial charge in [0, 0.05) is 13.6 Å². The first-order valence-electron chi connectivity index (χ1n) is 6.25. The molecule has 6 heteroatoms. The van der Waals surface area contributed by atoms with Crippen molar-refractivity contribution in [3.63, 3.8) is 0 Å². The van der Waals surface area contributed by atoms with Crippen LogP contribution in [0.1, 0.15) is 19.4 Å². The number of fused-ring (bicyclic) bond motifs is 1. The van der Waals surface area contributed by atoms with Crippen molar-refractivity contribution in [1.82, 2.24) is 4.31 Å². The normalized spacial score (nSPS) is 15.0. The van der Waals surface area contributed by atoms with Crippen LogP contribution in [0, 0.1) is 0 Å². The quantitative estimate of drug-likeness (QED) is 0.843. The fraction of sp³-hybridized carbons (Fsp3) is 0.538. The van der Waals surface area contributed by atoms with Crippen LogP contribution in [0.4, 0.5) is 0 Å². The molecule has 5 nitrogen and oxygen atoms in total. The standard InChI is InChI=1S/C13H19NO4S/c1-10(2)19(15,16)14(3)9-11-4-5-12-13(8-11)18-7-6-17-12/h4-5,8,10H,6-7,9H2,1-3H3. The van der Waals surface area contributed by atoms with Crippen LogP contribution in [0.15, 0.2) is 18.2 Å². The van der Waals surface area contributed by atoms with Crippen LogP contribution in [0.3, 0.4) is 0 Å². The van der Waals surface area contributed by atoms with Crippen LogP contribution < -0.4 is 9.47 Å². The highest BCUT2D eigenvalue weighted by atomic mass is 32.2. The SMILES string of the molecule is CC(C)S(=O)(=O)N(C)Cc1ccc2c(c1)OCCO2. The van der Waals surface area contributed by atoms with Crippen LogP contribution in [0.2, 0.25) is 0 Å². The number of benzene rings is 1. The first-order valence-corrected chi connectivity index (χ1v) is 7.75. The van der Waals surface area contributed by atoms with Crippen molar-refractivity contribution in [2.75, 3.05) is 20.3 Å². The van der Waals surface area contributed by atoms with E-state index in [1.165, 1.54) is 4.31 Å². The van der Waals surface area contributed by atoms with Crippen molar-refractivity contribution < 1.29 is 17.9 Å². The molecule has 1 aliphatic heterocycles. The first-order chi connectivity index (χ1) is 8.91. The van der Waals surface area contributed by atoms with E-state index < -0.39 is 15.3 Å². The molecular weight excluding hydrogens is 266 g/mol. The van der Waals surface area contributed by atoms with Gasteiger partial charge in [0.05, 0.1) is 5.25 Å². The Hall–Kier alpha value is -1.27. The van der Waals surface area contributed by atoms with Crippen LogP contribution in [0.5, 0.6) is 11.5 Å². The van der Waals surface area contributed by atoms with Crippen LogP contribution in [-0.4, -0.2) is 38.2 Å². The zero-order valence-corrected chi connectivity index (χ0v) is 12.2. The minimum atomic E-state index is -3.24. The largest absolute Gasteiger partial charge is 0.486 e. The van der Waals surface area contributed by atoms with Gasteiger partial charge in [0.15, 0.2) is 11.5 Å². The van der Waals surface area contributed by atoms with E-state index in [4.69, 9.17) is 9.47 Å². The van der Waals surface area contributed by atoms with Crippen LogP contribution in [-0.2, 0) is 16.6 Å². The number of rotatable bonds is 4. The van der Waals surface area contributed by atoms with E-state index in [9.17, 15) is 8.42 Å².